The van der Waals surface area contributed by atoms with E-state index in [-0.39, 0.29) is 5.82 Å². The molecule has 72 valence electrons. The van der Waals surface area contributed by atoms with Crippen LogP contribution in [0.4, 0.5) is 4.39 Å². The van der Waals surface area contributed by atoms with Gasteiger partial charge in [0, 0.05) is 25.2 Å². The van der Waals surface area contributed by atoms with Crippen molar-refractivity contribution < 1.29 is 4.39 Å². The van der Waals surface area contributed by atoms with Crippen LogP contribution in [0.1, 0.15) is 5.56 Å². The van der Waals surface area contributed by atoms with E-state index in [9.17, 15) is 4.39 Å². The van der Waals surface area contributed by atoms with Crippen LogP contribution in [0.5, 0.6) is 0 Å². The molecule has 0 spiro atoms. The first-order valence-electron chi connectivity index (χ1n) is 4.09. The lowest BCUT2D eigenvalue weighted by atomic mass is 10.2. The summed E-state index contributed by atoms with van der Waals surface area (Å²) >= 11 is 3.13. The molecule has 1 aromatic rings. The molecule has 0 aliphatic rings. The second kappa shape index (κ2) is 5.32. The van der Waals surface area contributed by atoms with Crippen LogP contribution in [-0.4, -0.2) is 13.1 Å². The van der Waals surface area contributed by atoms with E-state index < -0.39 is 0 Å². The van der Waals surface area contributed by atoms with Crippen LogP contribution in [0.15, 0.2) is 22.7 Å². The number of nitrogens with two attached hydrogens (primary N) is 1. The third-order valence-electron chi connectivity index (χ3n) is 1.67. The normalized spacial score (nSPS) is 10.4. The Hall–Kier alpha value is -0.450. The van der Waals surface area contributed by atoms with Crippen LogP contribution < -0.4 is 11.1 Å². The topological polar surface area (TPSA) is 38.0 Å². The number of benzene rings is 1. The summed E-state index contributed by atoms with van der Waals surface area (Å²) in [6.07, 6.45) is 0. The fraction of sp³-hybridized carbons (Fsp3) is 0.333. The van der Waals surface area contributed by atoms with Gasteiger partial charge in [-0.15, -0.1) is 0 Å². The van der Waals surface area contributed by atoms with Gasteiger partial charge in [0.05, 0.1) is 4.47 Å². The number of rotatable bonds is 4. The van der Waals surface area contributed by atoms with E-state index in [1.54, 1.807) is 12.1 Å². The van der Waals surface area contributed by atoms with Gasteiger partial charge in [0.25, 0.3) is 0 Å². The minimum atomic E-state index is -0.202. The molecule has 0 bridgehead atoms. The Balaban J connectivity index is 2.61. The Labute approximate surface area is 85.4 Å². The molecule has 4 heteroatoms. The van der Waals surface area contributed by atoms with E-state index in [1.807, 2.05) is 6.07 Å². The fourth-order valence-electron chi connectivity index (χ4n) is 1.01. The van der Waals surface area contributed by atoms with Gasteiger partial charge in [-0.05, 0) is 22.0 Å². The molecule has 0 aromatic heterocycles. The molecule has 1 aromatic carbocycles. The molecular weight excluding hydrogens is 235 g/mol. The smallest absolute Gasteiger partial charge is 0.141 e. The molecule has 2 nitrogen and oxygen atoms in total. The largest absolute Gasteiger partial charge is 0.329 e. The van der Waals surface area contributed by atoms with Crippen molar-refractivity contribution in [2.75, 3.05) is 13.1 Å². The molecule has 0 radical (unpaired) electrons. The Morgan fingerprint density at radius 1 is 1.46 bits per heavy atom. The predicted molar refractivity (Wildman–Crippen MR) is 54.9 cm³/mol. The lowest BCUT2D eigenvalue weighted by molar-refractivity contribution is 0.584. The lowest BCUT2D eigenvalue weighted by Gasteiger charge is -2.05. The van der Waals surface area contributed by atoms with Crippen molar-refractivity contribution in [3.63, 3.8) is 0 Å². The van der Waals surface area contributed by atoms with Crippen molar-refractivity contribution in [2.45, 2.75) is 6.54 Å². The summed E-state index contributed by atoms with van der Waals surface area (Å²) in [5.41, 5.74) is 5.95. The van der Waals surface area contributed by atoms with E-state index in [2.05, 4.69) is 21.2 Å². The van der Waals surface area contributed by atoms with Gasteiger partial charge in [0.1, 0.15) is 5.82 Å². The van der Waals surface area contributed by atoms with Crippen molar-refractivity contribution in [3.8, 4) is 0 Å². The van der Waals surface area contributed by atoms with Crippen LogP contribution in [0.3, 0.4) is 0 Å². The standard InChI is InChI=1S/C9H12BrFN2/c10-8-3-1-2-7(9(8)11)6-13-5-4-12/h1-3,13H,4-6,12H2. The predicted octanol–water partition coefficient (Wildman–Crippen LogP) is 1.64. The second-order valence-corrected chi connectivity index (χ2v) is 3.53. The molecule has 0 unspecified atom stereocenters. The van der Waals surface area contributed by atoms with Gasteiger partial charge in [-0.3, -0.25) is 0 Å². The van der Waals surface area contributed by atoms with Crippen molar-refractivity contribution >= 4 is 15.9 Å². The summed E-state index contributed by atoms with van der Waals surface area (Å²) in [4.78, 5) is 0. The zero-order valence-corrected chi connectivity index (χ0v) is 8.77. The highest BCUT2D eigenvalue weighted by Crippen LogP contribution is 2.18. The van der Waals surface area contributed by atoms with Gasteiger partial charge < -0.3 is 11.1 Å². The fourth-order valence-corrected chi connectivity index (χ4v) is 1.42. The van der Waals surface area contributed by atoms with Crippen molar-refractivity contribution in [1.29, 1.82) is 0 Å². The maximum absolute atomic E-state index is 13.3. The maximum Gasteiger partial charge on any atom is 0.141 e. The summed E-state index contributed by atoms with van der Waals surface area (Å²) < 4.78 is 13.8. The number of hydrogen-bond acceptors (Lipinski definition) is 2. The summed E-state index contributed by atoms with van der Waals surface area (Å²) in [5, 5.41) is 3.03. The minimum Gasteiger partial charge on any atom is -0.329 e. The Morgan fingerprint density at radius 2 is 2.23 bits per heavy atom. The minimum absolute atomic E-state index is 0.202. The first kappa shape index (κ1) is 10.6. The highest BCUT2D eigenvalue weighted by Gasteiger charge is 2.03. The van der Waals surface area contributed by atoms with Crippen molar-refractivity contribution in [3.05, 3.63) is 34.1 Å². The van der Waals surface area contributed by atoms with Gasteiger partial charge in [-0.25, -0.2) is 4.39 Å². The van der Waals surface area contributed by atoms with Gasteiger partial charge >= 0.3 is 0 Å². The molecule has 0 heterocycles. The quantitative estimate of drug-likeness (QED) is 0.794. The SMILES string of the molecule is NCCNCc1cccc(Br)c1F. The number of halogens is 2. The molecule has 13 heavy (non-hydrogen) atoms. The van der Waals surface area contributed by atoms with Crippen LogP contribution in [0.2, 0.25) is 0 Å². The van der Waals surface area contributed by atoms with E-state index in [1.165, 1.54) is 0 Å². The molecule has 0 aliphatic heterocycles. The molecule has 3 N–H and O–H groups in total. The third-order valence-corrected chi connectivity index (χ3v) is 2.28. The first-order chi connectivity index (χ1) is 6.25. The summed E-state index contributed by atoms with van der Waals surface area (Å²) in [5.74, 6) is -0.202. The Bertz CT molecular complexity index is 278. The number of nitrogens with one attached hydrogen (secondary N) is 1. The van der Waals surface area contributed by atoms with Gasteiger partial charge in [-0.2, -0.15) is 0 Å². The zero-order valence-electron chi connectivity index (χ0n) is 7.19. The van der Waals surface area contributed by atoms with Crippen LogP contribution in [0.25, 0.3) is 0 Å². The highest BCUT2D eigenvalue weighted by molar-refractivity contribution is 9.10. The zero-order chi connectivity index (χ0) is 9.68. The second-order valence-electron chi connectivity index (χ2n) is 2.68. The average molecular weight is 247 g/mol. The third kappa shape index (κ3) is 3.06. The molecule has 0 atom stereocenters. The molecular formula is C9H12BrFN2. The van der Waals surface area contributed by atoms with E-state index in [0.29, 0.717) is 29.7 Å². The molecule has 0 amide bonds. The van der Waals surface area contributed by atoms with E-state index >= 15 is 0 Å². The van der Waals surface area contributed by atoms with Crippen molar-refractivity contribution in [1.82, 2.24) is 5.32 Å². The maximum atomic E-state index is 13.3. The molecule has 0 saturated carbocycles. The van der Waals surface area contributed by atoms with E-state index in [0.717, 1.165) is 0 Å². The highest BCUT2D eigenvalue weighted by atomic mass is 79.9. The lowest BCUT2D eigenvalue weighted by Crippen LogP contribution is -2.22. The van der Waals surface area contributed by atoms with E-state index in [4.69, 9.17) is 5.73 Å². The molecule has 0 fully saturated rings. The van der Waals surface area contributed by atoms with Crippen molar-refractivity contribution in [2.24, 2.45) is 5.73 Å². The Kier molecular flexibility index (Phi) is 4.35. The summed E-state index contributed by atoms with van der Waals surface area (Å²) in [7, 11) is 0. The van der Waals surface area contributed by atoms with Crippen LogP contribution in [-0.2, 0) is 6.54 Å². The Morgan fingerprint density at radius 3 is 2.92 bits per heavy atom. The molecule has 0 saturated heterocycles. The molecule has 1 rings (SSSR count). The molecule has 0 aliphatic carbocycles. The van der Waals surface area contributed by atoms with Crippen LogP contribution >= 0.6 is 15.9 Å². The van der Waals surface area contributed by atoms with Gasteiger partial charge in [0.15, 0.2) is 0 Å². The van der Waals surface area contributed by atoms with Gasteiger partial charge in [0.2, 0.25) is 0 Å². The summed E-state index contributed by atoms with van der Waals surface area (Å²) in [6.45, 7) is 1.78. The monoisotopic (exact) mass is 246 g/mol. The first-order valence-corrected chi connectivity index (χ1v) is 4.88. The number of hydrogen-bond donors (Lipinski definition) is 2. The van der Waals surface area contributed by atoms with Crippen LogP contribution in [0, 0.1) is 5.82 Å². The van der Waals surface area contributed by atoms with Gasteiger partial charge in [-0.1, -0.05) is 12.1 Å². The summed E-state index contributed by atoms with van der Waals surface area (Å²) in [6, 6.07) is 5.25. The average Bonchev–Trinajstić information content (AvgIpc) is 2.13.